The molecule has 14 atom stereocenters. The minimum absolute atomic E-state index is 0.0381. The van der Waals surface area contributed by atoms with E-state index in [1.54, 1.807) is 21.3 Å². The van der Waals surface area contributed by atoms with E-state index in [1.165, 1.54) is 0 Å². The first-order valence-corrected chi connectivity index (χ1v) is 15.9. The fourth-order valence-corrected chi connectivity index (χ4v) is 8.31. The van der Waals surface area contributed by atoms with E-state index in [1.807, 2.05) is 20.8 Å². The van der Waals surface area contributed by atoms with Gasteiger partial charge in [0.2, 0.25) is 0 Å². The zero-order valence-corrected chi connectivity index (χ0v) is 26.0. The van der Waals surface area contributed by atoms with Crippen LogP contribution in [0.25, 0.3) is 0 Å². The molecule has 5 rings (SSSR count). The molecule has 2 heterocycles. The van der Waals surface area contributed by atoms with Crippen LogP contribution in [0, 0.1) is 35.5 Å². The van der Waals surface area contributed by atoms with Crippen molar-refractivity contribution in [2.24, 2.45) is 35.5 Å². The molecule has 0 bridgehead atoms. The van der Waals surface area contributed by atoms with Crippen molar-refractivity contribution < 1.29 is 43.1 Å². The van der Waals surface area contributed by atoms with Gasteiger partial charge in [-0.2, -0.15) is 0 Å². The Kier molecular flexibility index (Phi) is 10.3. The van der Waals surface area contributed by atoms with Crippen molar-refractivity contribution in [3.8, 4) is 0 Å². The summed E-state index contributed by atoms with van der Waals surface area (Å²) in [5.41, 5.74) is 0.689. The Morgan fingerprint density at radius 1 is 0.952 bits per heavy atom. The van der Waals surface area contributed by atoms with E-state index < -0.39 is 24.4 Å². The summed E-state index contributed by atoms with van der Waals surface area (Å²) < 4.78 is 35.9. The molecule has 1 N–H and O–H groups in total. The van der Waals surface area contributed by atoms with E-state index in [0.717, 1.165) is 25.7 Å². The zero-order valence-electron chi connectivity index (χ0n) is 26.0. The molecule has 3 fully saturated rings. The number of carbonyl (C=O) groups is 2. The van der Waals surface area contributed by atoms with Crippen molar-refractivity contribution in [1.82, 2.24) is 0 Å². The first kappa shape index (κ1) is 31.8. The van der Waals surface area contributed by atoms with E-state index >= 15 is 0 Å². The highest BCUT2D eigenvalue weighted by atomic mass is 16.7. The highest BCUT2D eigenvalue weighted by Gasteiger charge is 2.52. The smallest absolute Gasteiger partial charge is 0.306 e. The summed E-state index contributed by atoms with van der Waals surface area (Å²) in [5, 5.41) is 10.9. The van der Waals surface area contributed by atoms with E-state index in [9.17, 15) is 14.7 Å². The maximum Gasteiger partial charge on any atom is 0.306 e. The lowest BCUT2D eigenvalue weighted by atomic mass is 9.70. The molecule has 0 radical (unpaired) electrons. The van der Waals surface area contributed by atoms with Gasteiger partial charge in [0.1, 0.15) is 24.4 Å². The van der Waals surface area contributed by atoms with Gasteiger partial charge >= 0.3 is 5.97 Å². The Morgan fingerprint density at radius 2 is 1.69 bits per heavy atom. The Labute approximate surface area is 250 Å². The lowest BCUT2D eigenvalue weighted by Gasteiger charge is -2.44. The minimum Gasteiger partial charge on any atom is -0.462 e. The summed E-state index contributed by atoms with van der Waals surface area (Å²) in [6.07, 6.45) is 8.39. The number of methoxy groups -OCH3 is 3. The maximum atomic E-state index is 13.8. The predicted molar refractivity (Wildman–Crippen MR) is 154 cm³/mol. The lowest BCUT2D eigenvalue weighted by molar-refractivity contribution is -0.314. The minimum atomic E-state index is -0.706. The van der Waals surface area contributed by atoms with Crippen molar-refractivity contribution in [2.45, 2.75) is 115 Å². The largest absolute Gasteiger partial charge is 0.462 e. The van der Waals surface area contributed by atoms with Crippen molar-refractivity contribution in [2.75, 3.05) is 21.3 Å². The van der Waals surface area contributed by atoms with Crippen LogP contribution in [0.15, 0.2) is 23.8 Å². The van der Waals surface area contributed by atoms with Crippen LogP contribution in [0.3, 0.4) is 0 Å². The van der Waals surface area contributed by atoms with E-state index in [2.05, 4.69) is 18.2 Å². The fraction of sp³-hybridized carbons (Fsp3) is 0.818. The van der Waals surface area contributed by atoms with Gasteiger partial charge in [0.25, 0.3) is 0 Å². The Bertz CT molecular complexity index is 1020. The topological polar surface area (TPSA) is 110 Å². The normalized spacial score (nSPS) is 46.1. The first-order valence-electron chi connectivity index (χ1n) is 15.9. The van der Waals surface area contributed by atoms with Gasteiger partial charge in [0.15, 0.2) is 12.1 Å². The zero-order chi connectivity index (χ0) is 30.1. The average Bonchev–Trinajstić information content (AvgIpc) is 3.55. The van der Waals surface area contributed by atoms with Crippen molar-refractivity contribution in [1.29, 1.82) is 0 Å². The van der Waals surface area contributed by atoms with Crippen LogP contribution in [-0.4, -0.2) is 87.2 Å². The van der Waals surface area contributed by atoms with E-state index in [-0.39, 0.29) is 72.4 Å². The summed E-state index contributed by atoms with van der Waals surface area (Å²) in [5.74, 6) is -0.278. The molecule has 42 heavy (non-hydrogen) atoms. The number of allylic oxidation sites excluding steroid dienone is 4. The molecule has 0 spiro atoms. The molecule has 0 unspecified atom stereocenters. The molecular weight excluding hydrogens is 540 g/mol. The summed E-state index contributed by atoms with van der Waals surface area (Å²) in [7, 11) is 4.93. The molecule has 2 aliphatic heterocycles. The molecule has 0 amide bonds. The molecule has 0 aromatic heterocycles. The third-order valence-corrected chi connectivity index (χ3v) is 10.7. The number of aliphatic hydroxyl groups is 1. The van der Waals surface area contributed by atoms with Gasteiger partial charge in [-0.3, -0.25) is 9.59 Å². The van der Waals surface area contributed by atoms with Crippen LogP contribution in [0.2, 0.25) is 0 Å². The number of hydrogen-bond donors (Lipinski definition) is 1. The number of hydrogen-bond acceptors (Lipinski definition) is 9. The Balaban J connectivity index is 1.34. The van der Waals surface area contributed by atoms with Gasteiger partial charge in [-0.15, -0.1) is 0 Å². The molecule has 236 valence electrons. The highest BCUT2D eigenvalue weighted by Crippen LogP contribution is 2.54. The average molecular weight is 591 g/mol. The van der Waals surface area contributed by atoms with Crippen molar-refractivity contribution >= 4 is 11.8 Å². The molecule has 1 saturated carbocycles. The van der Waals surface area contributed by atoms with Crippen LogP contribution >= 0.6 is 0 Å². The molecule has 9 nitrogen and oxygen atoms in total. The number of fused-ring (bicyclic) bond motifs is 5. The number of rotatable bonds is 6. The van der Waals surface area contributed by atoms with Crippen LogP contribution in [-0.2, 0) is 38.0 Å². The third-order valence-electron chi connectivity index (χ3n) is 10.7. The monoisotopic (exact) mass is 590 g/mol. The van der Waals surface area contributed by atoms with Gasteiger partial charge in [-0.1, -0.05) is 32.1 Å². The Morgan fingerprint density at radius 3 is 2.38 bits per heavy atom. The predicted octanol–water partition coefficient (Wildman–Crippen LogP) is 4.01. The van der Waals surface area contributed by atoms with Gasteiger partial charge in [-0.25, -0.2) is 0 Å². The second-order valence-electron chi connectivity index (χ2n) is 13.0. The molecule has 0 aromatic carbocycles. The van der Waals surface area contributed by atoms with Crippen LogP contribution in [0.5, 0.6) is 0 Å². The first-order chi connectivity index (χ1) is 20.2. The van der Waals surface area contributed by atoms with Gasteiger partial charge in [-0.05, 0) is 74.7 Å². The number of cyclic esters (lactones) is 1. The molecule has 3 aliphatic carbocycles. The summed E-state index contributed by atoms with van der Waals surface area (Å²) in [6.45, 7) is 5.80. The lowest BCUT2D eigenvalue weighted by Crippen LogP contribution is -2.59. The van der Waals surface area contributed by atoms with Crippen molar-refractivity contribution in [3.05, 3.63) is 23.8 Å². The SMILES string of the molecule is CC[C@H]1CCC[C@@H](O)[C@@H](C)C(=O)C2=C[C@H]3[C@H](C=C[C@H]4C[C@H](O[C@H]5O[C@H](C)[C@@H](OC)[C@H](OC)[C@@H]5OC)C[C@H]34)[C@H]2CC(=O)O1. The molecule has 5 aliphatic rings. The van der Waals surface area contributed by atoms with Crippen LogP contribution in [0.4, 0.5) is 0 Å². The summed E-state index contributed by atoms with van der Waals surface area (Å²) in [4.78, 5) is 26.9. The second-order valence-corrected chi connectivity index (χ2v) is 13.0. The second kappa shape index (κ2) is 13.6. The fourth-order valence-electron chi connectivity index (χ4n) is 8.31. The van der Waals surface area contributed by atoms with E-state index in [4.69, 9.17) is 28.4 Å². The number of ketones is 1. The quantitative estimate of drug-likeness (QED) is 0.363. The standard InChI is InChI=1S/C33H50O9/c1-7-20-9-8-10-27(34)17(2)29(36)26-15-24-22(25(26)16-28(35)41-20)12-11-19-13-21(14-23(19)24)42-33-32(39-6)31(38-5)30(37-4)18(3)40-33/h11-12,15,17-25,27,30-34H,7-10,13-14,16H2,1-6H3/t17-,18-,19+,20+,21+,22+,23+,24+,25-,27-,30-,31+,32+,33-/m1/s1. The van der Waals surface area contributed by atoms with Gasteiger partial charge < -0.3 is 33.5 Å². The Hall–Kier alpha value is -1.62. The number of esters is 1. The molecule has 0 aromatic rings. The summed E-state index contributed by atoms with van der Waals surface area (Å²) in [6, 6.07) is 0. The van der Waals surface area contributed by atoms with E-state index in [0.29, 0.717) is 24.3 Å². The number of aliphatic hydroxyl groups excluding tert-OH is 1. The third kappa shape index (κ3) is 6.15. The van der Waals surface area contributed by atoms with Gasteiger partial charge in [0, 0.05) is 33.2 Å². The molecular formula is C33H50O9. The van der Waals surface area contributed by atoms with Crippen LogP contribution < -0.4 is 0 Å². The van der Waals surface area contributed by atoms with Crippen molar-refractivity contribution in [3.63, 3.8) is 0 Å². The highest BCUT2D eigenvalue weighted by molar-refractivity contribution is 5.99. The number of carbonyl (C=O) groups excluding carboxylic acids is 2. The molecule has 2 saturated heterocycles. The van der Waals surface area contributed by atoms with Crippen LogP contribution in [0.1, 0.15) is 65.7 Å². The maximum absolute atomic E-state index is 13.8. The summed E-state index contributed by atoms with van der Waals surface area (Å²) >= 11 is 0. The number of Topliss-reactive ketones (excluding diaryl/α,β-unsaturated/α-hetero) is 1. The van der Waals surface area contributed by atoms with Gasteiger partial charge in [0.05, 0.1) is 24.7 Å². The molecule has 9 heteroatoms. The number of ether oxygens (including phenoxy) is 6.